The minimum Gasteiger partial charge on any atom is -0.328 e. The van der Waals surface area contributed by atoms with Crippen molar-refractivity contribution in [3.63, 3.8) is 0 Å². The van der Waals surface area contributed by atoms with E-state index in [1.165, 1.54) is 24.3 Å². The summed E-state index contributed by atoms with van der Waals surface area (Å²) < 4.78 is 26.8. The number of fused-ring (bicyclic) bond motifs is 1. The van der Waals surface area contributed by atoms with Crippen LogP contribution in [0.2, 0.25) is 0 Å². The Bertz CT molecular complexity index is 1030. The van der Waals surface area contributed by atoms with Gasteiger partial charge in [0, 0.05) is 6.54 Å². The lowest BCUT2D eigenvalue weighted by molar-refractivity contribution is -0.172. The lowest BCUT2D eigenvalue weighted by Gasteiger charge is -2.23. The predicted octanol–water partition coefficient (Wildman–Crippen LogP) is 1.59. The second-order valence-electron chi connectivity index (χ2n) is 6.45. The standard InChI is InChI=1S/C19H16N2O6S/c22-17-14-9-4-5-10-15(14)18(23)21(17)27-19(24)16-11-6-12-20(16)28(25,26)13-7-2-1-3-8-13/h1-5,7-10,16H,6,11-12H2/t16-/m1/s1. The molecule has 0 aromatic heterocycles. The maximum Gasteiger partial charge on any atom is 0.351 e. The molecule has 0 radical (unpaired) electrons. The van der Waals surface area contributed by atoms with Gasteiger partial charge in [-0.3, -0.25) is 9.59 Å². The van der Waals surface area contributed by atoms with Crippen LogP contribution in [0.3, 0.4) is 0 Å². The lowest BCUT2D eigenvalue weighted by Crippen LogP contribution is -2.44. The van der Waals surface area contributed by atoms with Gasteiger partial charge >= 0.3 is 5.97 Å². The van der Waals surface area contributed by atoms with Gasteiger partial charge in [-0.05, 0) is 37.1 Å². The highest BCUT2D eigenvalue weighted by Gasteiger charge is 2.44. The third-order valence-electron chi connectivity index (χ3n) is 4.76. The Kier molecular flexibility index (Phi) is 4.48. The molecule has 0 spiro atoms. The molecular formula is C19H16N2O6S. The van der Waals surface area contributed by atoms with Crippen LogP contribution < -0.4 is 0 Å². The molecule has 2 aliphatic heterocycles. The van der Waals surface area contributed by atoms with Crippen molar-refractivity contribution in [2.45, 2.75) is 23.8 Å². The Morgan fingerprint density at radius 1 is 0.929 bits per heavy atom. The number of rotatable bonds is 4. The van der Waals surface area contributed by atoms with E-state index in [1.54, 1.807) is 30.3 Å². The Morgan fingerprint density at radius 2 is 1.50 bits per heavy atom. The van der Waals surface area contributed by atoms with Gasteiger partial charge in [-0.2, -0.15) is 4.31 Å². The number of hydrogen-bond donors (Lipinski definition) is 0. The molecule has 8 nitrogen and oxygen atoms in total. The number of imide groups is 1. The van der Waals surface area contributed by atoms with Crippen molar-refractivity contribution in [3.05, 3.63) is 65.7 Å². The van der Waals surface area contributed by atoms with Crippen LogP contribution in [-0.2, 0) is 19.7 Å². The topological polar surface area (TPSA) is 101 Å². The third kappa shape index (κ3) is 2.88. The van der Waals surface area contributed by atoms with Crippen LogP contribution in [0.4, 0.5) is 0 Å². The first-order valence-electron chi connectivity index (χ1n) is 8.68. The van der Waals surface area contributed by atoms with Gasteiger partial charge < -0.3 is 4.84 Å². The number of sulfonamides is 1. The largest absolute Gasteiger partial charge is 0.351 e. The van der Waals surface area contributed by atoms with Crippen molar-refractivity contribution in [3.8, 4) is 0 Å². The summed E-state index contributed by atoms with van der Waals surface area (Å²) in [7, 11) is -3.90. The number of benzene rings is 2. The van der Waals surface area contributed by atoms with Crippen LogP contribution in [0.5, 0.6) is 0 Å². The summed E-state index contributed by atoms with van der Waals surface area (Å²) in [5.74, 6) is -2.44. The summed E-state index contributed by atoms with van der Waals surface area (Å²) in [5.41, 5.74) is 0.279. The van der Waals surface area contributed by atoms with Gasteiger partial charge in [0.05, 0.1) is 16.0 Å². The Morgan fingerprint density at radius 3 is 2.11 bits per heavy atom. The average Bonchev–Trinajstić information content (AvgIpc) is 3.30. The molecular weight excluding hydrogens is 384 g/mol. The van der Waals surface area contributed by atoms with Crippen molar-refractivity contribution in [1.82, 2.24) is 9.37 Å². The summed E-state index contributed by atoms with van der Waals surface area (Å²) in [6.07, 6.45) is 0.710. The van der Waals surface area contributed by atoms with Crippen molar-refractivity contribution in [1.29, 1.82) is 0 Å². The van der Waals surface area contributed by atoms with Gasteiger partial charge in [-0.1, -0.05) is 35.4 Å². The first-order valence-corrected chi connectivity index (χ1v) is 10.1. The van der Waals surface area contributed by atoms with Gasteiger partial charge in [-0.25, -0.2) is 13.2 Å². The Labute approximate surface area is 161 Å². The minimum atomic E-state index is -3.90. The van der Waals surface area contributed by atoms with E-state index in [9.17, 15) is 22.8 Å². The lowest BCUT2D eigenvalue weighted by atomic mass is 10.1. The van der Waals surface area contributed by atoms with Crippen molar-refractivity contribution < 1.29 is 27.6 Å². The summed E-state index contributed by atoms with van der Waals surface area (Å²) in [4.78, 5) is 42.5. The molecule has 2 aromatic carbocycles. The third-order valence-corrected chi connectivity index (χ3v) is 6.69. The van der Waals surface area contributed by atoms with E-state index in [0.29, 0.717) is 11.5 Å². The maximum atomic E-state index is 12.9. The number of hydrogen-bond acceptors (Lipinski definition) is 6. The summed E-state index contributed by atoms with van der Waals surface area (Å²) >= 11 is 0. The zero-order valence-corrected chi connectivity index (χ0v) is 15.5. The van der Waals surface area contributed by atoms with E-state index in [1.807, 2.05) is 0 Å². The van der Waals surface area contributed by atoms with Crippen LogP contribution in [-0.4, -0.2) is 48.2 Å². The molecule has 2 amide bonds. The molecule has 9 heteroatoms. The number of carbonyl (C=O) groups excluding carboxylic acids is 3. The van der Waals surface area contributed by atoms with E-state index in [0.717, 1.165) is 4.31 Å². The highest BCUT2D eigenvalue weighted by atomic mass is 32.2. The summed E-state index contributed by atoms with van der Waals surface area (Å²) in [6.45, 7) is 0.152. The molecule has 1 saturated heterocycles. The van der Waals surface area contributed by atoms with Gasteiger partial charge in [0.25, 0.3) is 11.8 Å². The van der Waals surface area contributed by atoms with Gasteiger partial charge in [0.2, 0.25) is 10.0 Å². The van der Waals surface area contributed by atoms with E-state index in [-0.39, 0.29) is 29.0 Å². The SMILES string of the molecule is O=C(ON1C(=O)c2ccccc2C1=O)[C@H]1CCCN1S(=O)(=O)c1ccccc1. The van der Waals surface area contributed by atoms with E-state index < -0.39 is 33.8 Å². The number of nitrogens with zero attached hydrogens (tertiary/aromatic N) is 2. The van der Waals surface area contributed by atoms with Crippen molar-refractivity contribution in [2.24, 2.45) is 0 Å². The van der Waals surface area contributed by atoms with Crippen LogP contribution in [0.25, 0.3) is 0 Å². The molecule has 1 atom stereocenters. The Balaban J connectivity index is 1.56. The second kappa shape index (κ2) is 6.84. The van der Waals surface area contributed by atoms with E-state index >= 15 is 0 Å². The van der Waals surface area contributed by atoms with Gasteiger partial charge in [0.1, 0.15) is 6.04 Å². The summed E-state index contributed by atoms with van der Waals surface area (Å²) in [5, 5.41) is 0.401. The van der Waals surface area contributed by atoms with Gasteiger partial charge in [-0.15, -0.1) is 0 Å². The number of carbonyl (C=O) groups is 3. The molecule has 0 bridgehead atoms. The van der Waals surface area contributed by atoms with Gasteiger partial charge in [0.15, 0.2) is 0 Å². The molecule has 2 heterocycles. The van der Waals surface area contributed by atoms with Crippen LogP contribution >= 0.6 is 0 Å². The highest BCUT2D eigenvalue weighted by Crippen LogP contribution is 2.28. The number of amides is 2. The zero-order valence-electron chi connectivity index (χ0n) is 14.6. The molecule has 1 fully saturated rings. The highest BCUT2D eigenvalue weighted by molar-refractivity contribution is 7.89. The molecule has 2 aliphatic rings. The Hall–Kier alpha value is -3.04. The van der Waals surface area contributed by atoms with Crippen molar-refractivity contribution >= 4 is 27.8 Å². The minimum absolute atomic E-state index is 0.0652. The van der Waals surface area contributed by atoms with Crippen LogP contribution in [0.15, 0.2) is 59.5 Å². The molecule has 0 aliphatic carbocycles. The van der Waals surface area contributed by atoms with Crippen LogP contribution in [0.1, 0.15) is 33.6 Å². The molecule has 0 N–H and O–H groups in total. The monoisotopic (exact) mass is 400 g/mol. The molecule has 2 aromatic rings. The fourth-order valence-electron chi connectivity index (χ4n) is 3.39. The molecule has 0 unspecified atom stereocenters. The first-order chi connectivity index (χ1) is 13.4. The fraction of sp³-hybridized carbons (Fsp3) is 0.211. The number of hydroxylamine groups is 2. The molecule has 0 saturated carbocycles. The average molecular weight is 400 g/mol. The fourth-order valence-corrected chi connectivity index (χ4v) is 5.06. The van der Waals surface area contributed by atoms with Crippen LogP contribution in [0, 0.1) is 0 Å². The maximum absolute atomic E-state index is 12.9. The predicted molar refractivity (Wildman–Crippen MR) is 96.4 cm³/mol. The molecule has 144 valence electrons. The zero-order chi connectivity index (χ0) is 19.9. The summed E-state index contributed by atoms with van der Waals surface area (Å²) in [6, 6.07) is 12.8. The van der Waals surface area contributed by atoms with E-state index in [2.05, 4.69) is 0 Å². The quantitative estimate of drug-likeness (QED) is 0.723. The molecule has 4 rings (SSSR count). The van der Waals surface area contributed by atoms with Crippen molar-refractivity contribution in [2.75, 3.05) is 6.54 Å². The van der Waals surface area contributed by atoms with E-state index in [4.69, 9.17) is 4.84 Å². The second-order valence-corrected chi connectivity index (χ2v) is 8.34. The smallest absolute Gasteiger partial charge is 0.328 e. The normalized spacial score (nSPS) is 19.7. The first kappa shape index (κ1) is 18.3. The molecule has 28 heavy (non-hydrogen) atoms.